The molecule has 0 aliphatic rings. The van der Waals surface area contributed by atoms with Crippen molar-refractivity contribution in [3.05, 3.63) is 25.3 Å². The normalized spacial score (nSPS) is 13.9. The van der Waals surface area contributed by atoms with Crippen LogP contribution in [0.25, 0.3) is 0 Å². The van der Waals surface area contributed by atoms with Crippen molar-refractivity contribution >= 4 is 12.4 Å². The Hall–Kier alpha value is -1.66. The summed E-state index contributed by atoms with van der Waals surface area (Å²) in [5, 5.41) is 0. The first kappa shape index (κ1) is 19.3. The van der Waals surface area contributed by atoms with E-state index in [4.69, 9.17) is 14.2 Å². The summed E-state index contributed by atoms with van der Waals surface area (Å²) < 4.78 is 15.4. The second kappa shape index (κ2) is 9.31. The zero-order valence-corrected chi connectivity index (χ0v) is 13.2. The molecule has 0 saturated carbocycles. The zero-order valence-electron chi connectivity index (χ0n) is 13.2. The van der Waals surface area contributed by atoms with Crippen molar-refractivity contribution in [2.75, 3.05) is 20.4 Å². The highest BCUT2D eigenvalue weighted by molar-refractivity contribution is 5.74. The van der Waals surface area contributed by atoms with Crippen LogP contribution < -0.4 is 0 Å². The Kier molecular flexibility index (Phi) is 8.57. The minimum Gasteiger partial charge on any atom is -0.444 e. The summed E-state index contributed by atoms with van der Waals surface area (Å²) in [6, 6.07) is -0.870. The second-order valence-corrected chi connectivity index (χ2v) is 5.32. The molecule has 21 heavy (non-hydrogen) atoms. The van der Waals surface area contributed by atoms with Crippen molar-refractivity contribution in [1.82, 2.24) is 4.90 Å². The molecule has 0 bridgehead atoms. The third-order valence-electron chi connectivity index (χ3n) is 2.40. The minimum absolute atomic E-state index is 0.0166. The van der Waals surface area contributed by atoms with Crippen LogP contribution in [0.1, 0.15) is 20.8 Å². The number of amides is 1. The number of carbonyl (C=O) groups excluding carboxylic acids is 2. The maximum atomic E-state index is 12.2. The van der Waals surface area contributed by atoms with Crippen LogP contribution in [0.4, 0.5) is 4.79 Å². The average molecular weight is 299 g/mol. The maximum Gasteiger partial charge on any atom is 0.411 e. The van der Waals surface area contributed by atoms with Crippen molar-refractivity contribution in [3.63, 3.8) is 0 Å². The summed E-state index contributed by atoms with van der Waals surface area (Å²) in [7, 11) is 1.46. The second-order valence-electron chi connectivity index (χ2n) is 5.32. The van der Waals surface area contributed by atoms with Crippen LogP contribution in [-0.2, 0) is 19.0 Å². The standard InChI is InChI=1S/C15H25NO5/c1-7-9-16(14(18)21-15(3,4)5)12(10-17)13(8-2)20-11-19-6/h7-8,10,12-13H,1-2,9,11H2,3-6H3/t12-,13+/m0/s1. The Balaban J connectivity index is 5.17. The van der Waals surface area contributed by atoms with Crippen molar-refractivity contribution in [1.29, 1.82) is 0 Å². The van der Waals surface area contributed by atoms with Gasteiger partial charge >= 0.3 is 6.09 Å². The van der Waals surface area contributed by atoms with Gasteiger partial charge in [0, 0.05) is 13.7 Å². The first-order valence-corrected chi connectivity index (χ1v) is 6.59. The maximum absolute atomic E-state index is 12.2. The molecule has 0 aliphatic carbocycles. The van der Waals surface area contributed by atoms with Gasteiger partial charge in [0.15, 0.2) is 0 Å². The predicted octanol–water partition coefficient (Wildman–Crippen LogP) is 2.15. The fourth-order valence-corrected chi connectivity index (χ4v) is 1.56. The number of carbonyl (C=O) groups is 2. The molecule has 6 heteroatoms. The molecular formula is C15H25NO5. The molecule has 2 atom stereocenters. The van der Waals surface area contributed by atoms with Gasteiger partial charge in [0.05, 0.1) is 0 Å². The largest absolute Gasteiger partial charge is 0.444 e. The molecule has 0 rings (SSSR count). The smallest absolute Gasteiger partial charge is 0.411 e. The molecule has 0 aromatic rings. The predicted molar refractivity (Wildman–Crippen MR) is 79.9 cm³/mol. The van der Waals surface area contributed by atoms with Crippen LogP contribution >= 0.6 is 0 Å². The Morgan fingerprint density at radius 3 is 2.33 bits per heavy atom. The summed E-state index contributed by atoms with van der Waals surface area (Å²) in [5.74, 6) is 0. The highest BCUT2D eigenvalue weighted by Crippen LogP contribution is 2.15. The summed E-state index contributed by atoms with van der Waals surface area (Å²) in [5.41, 5.74) is -0.666. The van der Waals surface area contributed by atoms with Crippen LogP contribution in [0.2, 0.25) is 0 Å². The van der Waals surface area contributed by atoms with E-state index in [1.807, 2.05) is 0 Å². The van der Waals surface area contributed by atoms with Crippen molar-refractivity contribution in [2.45, 2.75) is 38.5 Å². The Bertz CT molecular complexity index is 362. The van der Waals surface area contributed by atoms with Gasteiger partial charge in [0.25, 0.3) is 0 Å². The van der Waals surface area contributed by atoms with Crippen molar-refractivity contribution in [2.24, 2.45) is 0 Å². The quantitative estimate of drug-likeness (QED) is 0.371. The fourth-order valence-electron chi connectivity index (χ4n) is 1.56. The molecule has 0 fully saturated rings. The molecule has 0 spiro atoms. The Morgan fingerprint density at radius 2 is 1.95 bits per heavy atom. The van der Waals surface area contributed by atoms with E-state index in [1.165, 1.54) is 24.2 Å². The number of hydrogen-bond acceptors (Lipinski definition) is 5. The Labute approximate surface area is 126 Å². The van der Waals surface area contributed by atoms with Crippen LogP contribution in [0, 0.1) is 0 Å². The monoisotopic (exact) mass is 299 g/mol. The van der Waals surface area contributed by atoms with Crippen molar-refractivity contribution in [3.8, 4) is 0 Å². The van der Waals surface area contributed by atoms with E-state index in [0.29, 0.717) is 6.29 Å². The number of nitrogens with zero attached hydrogens (tertiary/aromatic N) is 1. The lowest BCUT2D eigenvalue weighted by Gasteiger charge is -2.33. The molecule has 6 nitrogen and oxygen atoms in total. The number of aldehydes is 1. The van der Waals surface area contributed by atoms with Crippen molar-refractivity contribution < 1.29 is 23.8 Å². The van der Waals surface area contributed by atoms with E-state index in [2.05, 4.69) is 13.2 Å². The molecule has 0 unspecified atom stereocenters. The molecule has 1 amide bonds. The fraction of sp³-hybridized carbons (Fsp3) is 0.600. The van der Waals surface area contributed by atoms with Gasteiger partial charge in [-0.3, -0.25) is 4.90 Å². The van der Waals surface area contributed by atoms with Gasteiger partial charge in [-0.1, -0.05) is 12.2 Å². The number of methoxy groups -OCH3 is 1. The third kappa shape index (κ3) is 7.06. The molecule has 120 valence electrons. The summed E-state index contributed by atoms with van der Waals surface area (Å²) >= 11 is 0. The summed E-state index contributed by atoms with van der Waals surface area (Å²) in [4.78, 5) is 24.9. The highest BCUT2D eigenvalue weighted by Gasteiger charge is 2.32. The minimum atomic E-state index is -0.870. The number of hydrogen-bond donors (Lipinski definition) is 0. The molecule has 0 N–H and O–H groups in total. The average Bonchev–Trinajstić information content (AvgIpc) is 2.39. The van der Waals surface area contributed by atoms with Crippen LogP contribution in [0.3, 0.4) is 0 Å². The lowest BCUT2D eigenvalue weighted by molar-refractivity contribution is -0.122. The topological polar surface area (TPSA) is 65.1 Å². The van der Waals surface area contributed by atoms with E-state index < -0.39 is 23.8 Å². The molecule has 0 radical (unpaired) electrons. The van der Waals surface area contributed by atoms with Crippen LogP contribution in [-0.4, -0.2) is 55.5 Å². The van der Waals surface area contributed by atoms with E-state index in [1.54, 1.807) is 20.8 Å². The van der Waals surface area contributed by atoms with E-state index >= 15 is 0 Å². The number of rotatable bonds is 9. The van der Waals surface area contributed by atoms with Gasteiger partial charge in [0.2, 0.25) is 0 Å². The van der Waals surface area contributed by atoms with Gasteiger partial charge in [-0.15, -0.1) is 13.2 Å². The van der Waals surface area contributed by atoms with Crippen LogP contribution in [0.15, 0.2) is 25.3 Å². The van der Waals surface area contributed by atoms with E-state index in [0.717, 1.165) is 0 Å². The zero-order chi connectivity index (χ0) is 16.5. The molecule has 0 aliphatic heterocycles. The molecule has 0 aromatic carbocycles. The SMILES string of the molecule is C=CCN(C(=O)OC(C)(C)C)[C@@H](C=O)[C@@H](C=C)OCOC. The number of ether oxygens (including phenoxy) is 3. The lowest BCUT2D eigenvalue weighted by atomic mass is 10.1. The van der Waals surface area contributed by atoms with E-state index in [9.17, 15) is 9.59 Å². The van der Waals surface area contributed by atoms with Gasteiger partial charge in [-0.2, -0.15) is 0 Å². The molecule has 0 aromatic heterocycles. The van der Waals surface area contributed by atoms with Gasteiger partial charge in [-0.05, 0) is 20.8 Å². The summed E-state index contributed by atoms with van der Waals surface area (Å²) in [6.45, 7) is 12.6. The van der Waals surface area contributed by atoms with Gasteiger partial charge < -0.3 is 19.0 Å². The van der Waals surface area contributed by atoms with Gasteiger partial charge in [0.1, 0.15) is 30.8 Å². The van der Waals surface area contributed by atoms with Gasteiger partial charge in [-0.25, -0.2) is 4.79 Å². The molecular weight excluding hydrogens is 274 g/mol. The summed E-state index contributed by atoms with van der Waals surface area (Å²) in [6.07, 6.45) is 2.26. The lowest BCUT2D eigenvalue weighted by Crippen LogP contribution is -2.50. The third-order valence-corrected chi connectivity index (χ3v) is 2.40. The Morgan fingerprint density at radius 1 is 1.33 bits per heavy atom. The van der Waals surface area contributed by atoms with Crippen LogP contribution in [0.5, 0.6) is 0 Å². The molecule has 0 heterocycles. The first-order valence-electron chi connectivity index (χ1n) is 6.59. The first-order chi connectivity index (χ1) is 9.80. The van der Waals surface area contributed by atoms with E-state index in [-0.39, 0.29) is 13.3 Å². The highest BCUT2D eigenvalue weighted by atomic mass is 16.7. The molecule has 0 saturated heterocycles.